The molecule has 2 N–H and O–H groups in total. The van der Waals surface area contributed by atoms with Crippen molar-refractivity contribution in [3.05, 3.63) is 18.0 Å². The summed E-state index contributed by atoms with van der Waals surface area (Å²) in [5, 5.41) is 9.27. The molecule has 1 atom stereocenters. The number of anilines is 2. The fourth-order valence-electron chi connectivity index (χ4n) is 2.83. The van der Waals surface area contributed by atoms with Crippen molar-refractivity contribution in [3.63, 3.8) is 0 Å². The standard InChI is InChI=1S/C16H26N6OSi/c1-11-13-14(12-6-7-18-16(17)15(12)21(11)2)20-22(19-13)10-23-8-9-24(3,4)5/h6-7,11H,8-10H2,1-5H3,(H2,17,18). The topological polar surface area (TPSA) is 82.1 Å². The number of rotatable bonds is 5. The van der Waals surface area contributed by atoms with E-state index in [0.29, 0.717) is 12.5 Å². The minimum absolute atomic E-state index is 0.0923. The molecule has 0 bridgehead atoms. The van der Waals surface area contributed by atoms with Crippen molar-refractivity contribution in [2.75, 3.05) is 24.3 Å². The Bertz CT molecular complexity index is 739. The fourth-order valence-corrected chi connectivity index (χ4v) is 3.58. The fraction of sp³-hybridized carbons (Fsp3) is 0.562. The molecule has 0 fully saturated rings. The molecule has 0 saturated heterocycles. The van der Waals surface area contributed by atoms with E-state index in [9.17, 15) is 0 Å². The average Bonchev–Trinajstić information content (AvgIpc) is 2.93. The highest BCUT2D eigenvalue weighted by Crippen LogP contribution is 2.43. The van der Waals surface area contributed by atoms with E-state index >= 15 is 0 Å². The van der Waals surface area contributed by atoms with Crippen LogP contribution in [-0.4, -0.2) is 41.7 Å². The van der Waals surface area contributed by atoms with E-state index < -0.39 is 8.07 Å². The number of fused-ring (bicyclic) bond motifs is 3. The van der Waals surface area contributed by atoms with Gasteiger partial charge in [-0.3, -0.25) is 0 Å². The lowest BCUT2D eigenvalue weighted by Crippen LogP contribution is -2.27. The highest BCUT2D eigenvalue weighted by Gasteiger charge is 2.32. The van der Waals surface area contributed by atoms with E-state index in [0.717, 1.165) is 35.3 Å². The van der Waals surface area contributed by atoms with Crippen LogP contribution in [0.15, 0.2) is 12.3 Å². The molecule has 0 radical (unpaired) electrons. The molecule has 3 heterocycles. The normalized spacial score (nSPS) is 16.9. The third-order valence-corrected chi connectivity index (χ3v) is 6.13. The highest BCUT2D eigenvalue weighted by molar-refractivity contribution is 6.76. The van der Waals surface area contributed by atoms with Crippen molar-refractivity contribution in [3.8, 4) is 11.3 Å². The maximum Gasteiger partial charge on any atom is 0.158 e. The van der Waals surface area contributed by atoms with E-state index in [4.69, 9.17) is 10.5 Å². The molecule has 7 nitrogen and oxygen atoms in total. The number of ether oxygens (including phenoxy) is 1. The second-order valence-corrected chi connectivity index (χ2v) is 13.2. The van der Waals surface area contributed by atoms with Crippen LogP contribution >= 0.6 is 0 Å². The molecule has 0 saturated carbocycles. The van der Waals surface area contributed by atoms with Crippen LogP contribution in [0.4, 0.5) is 11.5 Å². The second kappa shape index (κ2) is 6.17. The highest BCUT2D eigenvalue weighted by atomic mass is 28.3. The van der Waals surface area contributed by atoms with Crippen LogP contribution in [0.25, 0.3) is 11.3 Å². The number of pyridine rings is 1. The Labute approximate surface area is 143 Å². The van der Waals surface area contributed by atoms with Crippen LogP contribution in [-0.2, 0) is 11.5 Å². The van der Waals surface area contributed by atoms with Gasteiger partial charge in [0.1, 0.15) is 17.2 Å². The Morgan fingerprint density at radius 1 is 1.29 bits per heavy atom. The van der Waals surface area contributed by atoms with Gasteiger partial charge in [0.15, 0.2) is 6.73 Å². The van der Waals surface area contributed by atoms with E-state index in [-0.39, 0.29) is 6.04 Å². The molecule has 0 aromatic carbocycles. The van der Waals surface area contributed by atoms with Gasteiger partial charge in [-0.15, -0.1) is 0 Å². The van der Waals surface area contributed by atoms with Gasteiger partial charge in [-0.25, -0.2) is 4.98 Å². The van der Waals surface area contributed by atoms with Crippen molar-refractivity contribution in [1.29, 1.82) is 0 Å². The minimum atomic E-state index is -1.08. The molecule has 0 aliphatic carbocycles. The Kier molecular flexibility index (Phi) is 4.35. The Morgan fingerprint density at radius 3 is 2.75 bits per heavy atom. The number of aromatic nitrogens is 4. The molecule has 3 rings (SSSR count). The molecule has 0 spiro atoms. The summed E-state index contributed by atoms with van der Waals surface area (Å²) in [5.41, 5.74) is 9.79. The molecule has 1 aliphatic heterocycles. The third kappa shape index (κ3) is 3.16. The van der Waals surface area contributed by atoms with E-state index in [1.54, 1.807) is 11.0 Å². The maximum absolute atomic E-state index is 6.07. The lowest BCUT2D eigenvalue weighted by Gasteiger charge is -2.32. The van der Waals surface area contributed by atoms with Crippen molar-refractivity contribution in [2.24, 2.45) is 0 Å². The number of nitrogen functional groups attached to an aromatic ring is 1. The third-order valence-electron chi connectivity index (χ3n) is 4.42. The Balaban J connectivity index is 1.82. The second-order valence-electron chi connectivity index (χ2n) is 7.53. The number of hydrogen-bond acceptors (Lipinski definition) is 6. The summed E-state index contributed by atoms with van der Waals surface area (Å²) < 4.78 is 5.77. The summed E-state index contributed by atoms with van der Waals surface area (Å²) in [5.74, 6) is 0.522. The molecular weight excluding hydrogens is 320 g/mol. The number of hydrogen-bond donors (Lipinski definition) is 1. The SMILES string of the molecule is CC1c2nn(COCC[Si](C)(C)C)nc2-c2ccnc(N)c2N1C. The lowest BCUT2D eigenvalue weighted by atomic mass is 9.99. The van der Waals surface area contributed by atoms with Crippen molar-refractivity contribution >= 4 is 19.6 Å². The van der Waals surface area contributed by atoms with Crippen molar-refractivity contribution in [2.45, 2.75) is 45.4 Å². The zero-order valence-corrected chi connectivity index (χ0v) is 16.1. The van der Waals surface area contributed by atoms with Crippen LogP contribution < -0.4 is 10.6 Å². The number of nitrogens with zero attached hydrogens (tertiary/aromatic N) is 5. The molecular formula is C16H26N6OSi. The Hall–Kier alpha value is -1.93. The number of nitrogens with two attached hydrogens (primary N) is 1. The molecule has 24 heavy (non-hydrogen) atoms. The van der Waals surface area contributed by atoms with Crippen LogP contribution in [0.2, 0.25) is 25.7 Å². The van der Waals surface area contributed by atoms with Gasteiger partial charge in [-0.05, 0) is 19.0 Å². The molecule has 1 aliphatic rings. The Morgan fingerprint density at radius 2 is 2.04 bits per heavy atom. The van der Waals surface area contributed by atoms with Gasteiger partial charge in [0, 0.05) is 33.5 Å². The summed E-state index contributed by atoms with van der Waals surface area (Å²) in [6, 6.07) is 3.17. The smallest absolute Gasteiger partial charge is 0.158 e. The first-order valence-corrected chi connectivity index (χ1v) is 12.0. The first-order chi connectivity index (χ1) is 11.3. The lowest BCUT2D eigenvalue weighted by molar-refractivity contribution is 0.0683. The van der Waals surface area contributed by atoms with Gasteiger partial charge >= 0.3 is 0 Å². The predicted octanol–water partition coefficient (Wildman–Crippen LogP) is 2.75. The van der Waals surface area contributed by atoms with Gasteiger partial charge in [0.2, 0.25) is 0 Å². The molecule has 8 heteroatoms. The zero-order chi connectivity index (χ0) is 17.5. The van der Waals surface area contributed by atoms with Crippen LogP contribution in [0, 0.1) is 0 Å². The summed E-state index contributed by atoms with van der Waals surface area (Å²) in [6.07, 6.45) is 1.71. The van der Waals surface area contributed by atoms with Gasteiger partial charge < -0.3 is 15.4 Å². The van der Waals surface area contributed by atoms with Crippen LogP contribution in [0.1, 0.15) is 18.7 Å². The monoisotopic (exact) mass is 346 g/mol. The summed E-state index contributed by atoms with van der Waals surface area (Å²) in [4.78, 5) is 7.95. The average molecular weight is 347 g/mol. The minimum Gasteiger partial charge on any atom is -0.382 e. The quantitative estimate of drug-likeness (QED) is 0.662. The molecule has 2 aromatic rings. The van der Waals surface area contributed by atoms with E-state index in [1.165, 1.54) is 0 Å². The first kappa shape index (κ1) is 16.9. The summed E-state index contributed by atoms with van der Waals surface area (Å²) in [7, 11) is 0.927. The maximum atomic E-state index is 6.07. The zero-order valence-electron chi connectivity index (χ0n) is 15.1. The largest absolute Gasteiger partial charge is 0.382 e. The van der Waals surface area contributed by atoms with Crippen LogP contribution in [0.5, 0.6) is 0 Å². The van der Waals surface area contributed by atoms with Crippen molar-refractivity contribution < 1.29 is 4.74 Å². The van der Waals surface area contributed by atoms with Crippen LogP contribution in [0.3, 0.4) is 0 Å². The first-order valence-electron chi connectivity index (χ1n) is 8.28. The van der Waals surface area contributed by atoms with Gasteiger partial charge in [-0.1, -0.05) is 19.6 Å². The van der Waals surface area contributed by atoms with E-state index in [2.05, 4.69) is 46.6 Å². The molecule has 0 amide bonds. The van der Waals surface area contributed by atoms with Gasteiger partial charge in [0.05, 0.1) is 11.7 Å². The van der Waals surface area contributed by atoms with Gasteiger partial charge in [-0.2, -0.15) is 15.0 Å². The van der Waals surface area contributed by atoms with Gasteiger partial charge in [0.25, 0.3) is 0 Å². The molecule has 1 unspecified atom stereocenters. The molecule has 130 valence electrons. The predicted molar refractivity (Wildman–Crippen MR) is 98.6 cm³/mol. The molecule has 2 aromatic heterocycles. The summed E-state index contributed by atoms with van der Waals surface area (Å²) >= 11 is 0. The summed E-state index contributed by atoms with van der Waals surface area (Å²) in [6.45, 7) is 10.3. The van der Waals surface area contributed by atoms with Crippen molar-refractivity contribution in [1.82, 2.24) is 20.0 Å². The van der Waals surface area contributed by atoms with E-state index in [1.807, 2.05) is 13.1 Å².